The summed E-state index contributed by atoms with van der Waals surface area (Å²) in [7, 11) is -3.42. The summed E-state index contributed by atoms with van der Waals surface area (Å²) >= 11 is 0. The summed E-state index contributed by atoms with van der Waals surface area (Å²) in [6, 6.07) is 3.92. The fourth-order valence-electron chi connectivity index (χ4n) is 2.59. The molecule has 2 N–H and O–H groups in total. The largest absolute Gasteiger partial charge is 0.326 e. The van der Waals surface area contributed by atoms with Gasteiger partial charge in [0.1, 0.15) is 0 Å². The van der Waals surface area contributed by atoms with Crippen molar-refractivity contribution >= 4 is 10.0 Å². The Morgan fingerprint density at radius 1 is 1.29 bits per heavy atom. The minimum absolute atomic E-state index is 0.197. The molecule has 0 radical (unpaired) electrons. The lowest BCUT2D eigenvalue weighted by Gasteiger charge is -2.23. The van der Waals surface area contributed by atoms with Gasteiger partial charge in [-0.3, -0.25) is 0 Å². The summed E-state index contributed by atoms with van der Waals surface area (Å²) in [5.41, 5.74) is 8.41. The third-order valence-corrected chi connectivity index (χ3v) is 6.27. The Labute approximate surface area is 128 Å². The molecule has 0 bridgehead atoms. The van der Waals surface area contributed by atoms with E-state index in [9.17, 15) is 8.42 Å². The Morgan fingerprint density at radius 2 is 1.95 bits per heavy atom. The minimum Gasteiger partial charge on any atom is -0.326 e. The highest BCUT2D eigenvalue weighted by molar-refractivity contribution is 7.89. The van der Waals surface area contributed by atoms with E-state index < -0.39 is 10.0 Å². The standard InChI is InChI=1S/C16H26N2O2S/c1-4-5-8-18(15-6-7-15)21(19,20)16-10-14(11-17)9-12(2)13(16)3/h9-10,15H,4-8,11,17H2,1-3H3. The molecule has 4 nitrogen and oxygen atoms in total. The Balaban J connectivity index is 2.44. The van der Waals surface area contributed by atoms with Crippen molar-refractivity contribution in [1.82, 2.24) is 4.31 Å². The molecule has 1 saturated carbocycles. The number of benzene rings is 1. The fraction of sp³-hybridized carbons (Fsp3) is 0.625. The molecular weight excluding hydrogens is 284 g/mol. The lowest BCUT2D eigenvalue weighted by atomic mass is 10.1. The summed E-state index contributed by atoms with van der Waals surface area (Å²) < 4.78 is 27.8. The second-order valence-corrected chi connectivity index (χ2v) is 7.80. The van der Waals surface area contributed by atoms with E-state index in [0.29, 0.717) is 18.0 Å². The second kappa shape index (κ2) is 6.46. The van der Waals surface area contributed by atoms with Gasteiger partial charge in [0.25, 0.3) is 0 Å². The molecule has 0 saturated heterocycles. The van der Waals surface area contributed by atoms with Gasteiger partial charge in [-0.1, -0.05) is 19.4 Å². The maximum atomic E-state index is 13.0. The molecule has 0 unspecified atom stereocenters. The highest BCUT2D eigenvalue weighted by Crippen LogP contribution is 2.34. The maximum absolute atomic E-state index is 13.0. The molecule has 0 aliphatic heterocycles. The molecule has 1 aromatic rings. The van der Waals surface area contributed by atoms with E-state index >= 15 is 0 Å². The zero-order valence-electron chi connectivity index (χ0n) is 13.2. The van der Waals surface area contributed by atoms with Crippen LogP contribution in [0.1, 0.15) is 49.3 Å². The lowest BCUT2D eigenvalue weighted by molar-refractivity contribution is 0.395. The fourth-order valence-corrected chi connectivity index (χ4v) is 4.66. The van der Waals surface area contributed by atoms with Gasteiger partial charge in [-0.2, -0.15) is 4.31 Å². The molecule has 0 atom stereocenters. The quantitative estimate of drug-likeness (QED) is 0.842. The van der Waals surface area contributed by atoms with Crippen molar-refractivity contribution in [3.05, 3.63) is 28.8 Å². The van der Waals surface area contributed by atoms with Gasteiger partial charge < -0.3 is 5.73 Å². The van der Waals surface area contributed by atoms with E-state index in [4.69, 9.17) is 5.73 Å². The molecule has 1 aromatic carbocycles. The van der Waals surface area contributed by atoms with E-state index in [1.165, 1.54) is 0 Å². The van der Waals surface area contributed by atoms with Crippen molar-refractivity contribution < 1.29 is 8.42 Å². The lowest BCUT2D eigenvalue weighted by Crippen LogP contribution is -2.34. The number of nitrogens with zero attached hydrogens (tertiary/aromatic N) is 1. The third-order valence-electron chi connectivity index (χ3n) is 4.19. The number of hydrogen-bond donors (Lipinski definition) is 1. The molecule has 118 valence electrons. The average Bonchev–Trinajstić information content (AvgIpc) is 3.26. The van der Waals surface area contributed by atoms with Crippen LogP contribution in [0.3, 0.4) is 0 Å². The molecule has 21 heavy (non-hydrogen) atoms. The van der Waals surface area contributed by atoms with Crippen LogP contribution in [0.4, 0.5) is 0 Å². The van der Waals surface area contributed by atoms with Crippen LogP contribution in [-0.2, 0) is 16.6 Å². The van der Waals surface area contributed by atoms with E-state index in [1.54, 1.807) is 10.4 Å². The van der Waals surface area contributed by atoms with Crippen LogP contribution in [0.15, 0.2) is 17.0 Å². The average molecular weight is 310 g/mol. The van der Waals surface area contributed by atoms with Crippen molar-refractivity contribution in [2.45, 2.75) is 63.9 Å². The minimum atomic E-state index is -3.42. The third kappa shape index (κ3) is 3.47. The predicted molar refractivity (Wildman–Crippen MR) is 85.6 cm³/mol. The monoisotopic (exact) mass is 310 g/mol. The van der Waals surface area contributed by atoms with Crippen LogP contribution in [0.2, 0.25) is 0 Å². The molecule has 1 aliphatic rings. The SMILES string of the molecule is CCCCN(C1CC1)S(=O)(=O)c1cc(CN)cc(C)c1C. The Kier molecular flexibility index (Phi) is 5.07. The molecule has 0 amide bonds. The summed E-state index contributed by atoms with van der Waals surface area (Å²) in [6.07, 6.45) is 3.87. The van der Waals surface area contributed by atoms with Crippen molar-refractivity contribution in [3.8, 4) is 0 Å². The number of hydrogen-bond acceptors (Lipinski definition) is 3. The van der Waals surface area contributed by atoms with Gasteiger partial charge >= 0.3 is 0 Å². The van der Waals surface area contributed by atoms with Crippen LogP contribution >= 0.6 is 0 Å². The number of sulfonamides is 1. The first kappa shape index (κ1) is 16.5. The Bertz CT molecular complexity index is 607. The van der Waals surface area contributed by atoms with Crippen LogP contribution < -0.4 is 5.73 Å². The first-order valence-electron chi connectivity index (χ1n) is 7.73. The van der Waals surface area contributed by atoms with Crippen LogP contribution in [0.5, 0.6) is 0 Å². The highest BCUT2D eigenvalue weighted by Gasteiger charge is 2.38. The Morgan fingerprint density at radius 3 is 2.48 bits per heavy atom. The molecule has 5 heteroatoms. The summed E-state index contributed by atoms with van der Waals surface area (Å²) in [4.78, 5) is 0.436. The Hall–Kier alpha value is -0.910. The van der Waals surface area contributed by atoms with Gasteiger partial charge in [0.15, 0.2) is 0 Å². The van der Waals surface area contributed by atoms with Gasteiger partial charge in [0, 0.05) is 19.1 Å². The molecule has 1 aliphatic carbocycles. The number of unbranched alkanes of at least 4 members (excludes halogenated alkanes) is 1. The van der Waals surface area contributed by atoms with E-state index in [0.717, 1.165) is 42.4 Å². The molecule has 0 spiro atoms. The van der Waals surface area contributed by atoms with Crippen LogP contribution in [-0.4, -0.2) is 25.3 Å². The second-order valence-electron chi connectivity index (χ2n) is 5.94. The first-order chi connectivity index (χ1) is 9.91. The van der Waals surface area contributed by atoms with Gasteiger partial charge in [-0.25, -0.2) is 8.42 Å². The molecule has 0 heterocycles. The maximum Gasteiger partial charge on any atom is 0.243 e. The van der Waals surface area contributed by atoms with E-state index in [-0.39, 0.29) is 6.04 Å². The predicted octanol–water partition coefficient (Wildman–Crippen LogP) is 2.72. The normalized spacial score (nSPS) is 15.7. The van der Waals surface area contributed by atoms with Gasteiger partial charge in [-0.15, -0.1) is 0 Å². The summed E-state index contributed by atoms with van der Waals surface area (Å²) in [6.45, 7) is 6.90. The summed E-state index contributed by atoms with van der Waals surface area (Å²) in [5.74, 6) is 0. The van der Waals surface area contributed by atoms with Crippen molar-refractivity contribution in [1.29, 1.82) is 0 Å². The smallest absolute Gasteiger partial charge is 0.243 e. The van der Waals surface area contributed by atoms with Gasteiger partial charge in [-0.05, 0) is 55.9 Å². The molecule has 0 aromatic heterocycles. The number of rotatable bonds is 7. The van der Waals surface area contributed by atoms with E-state index in [1.807, 2.05) is 19.9 Å². The zero-order valence-corrected chi connectivity index (χ0v) is 14.0. The molecule has 1 fully saturated rings. The van der Waals surface area contributed by atoms with Crippen molar-refractivity contribution in [3.63, 3.8) is 0 Å². The number of aryl methyl sites for hydroxylation is 1. The van der Waals surface area contributed by atoms with Gasteiger partial charge in [0.05, 0.1) is 4.90 Å². The topological polar surface area (TPSA) is 63.4 Å². The van der Waals surface area contributed by atoms with Crippen LogP contribution in [0, 0.1) is 13.8 Å². The molecule has 2 rings (SSSR count). The first-order valence-corrected chi connectivity index (χ1v) is 9.17. The van der Waals surface area contributed by atoms with Gasteiger partial charge in [0.2, 0.25) is 10.0 Å². The number of nitrogens with two attached hydrogens (primary N) is 1. The summed E-state index contributed by atoms with van der Waals surface area (Å²) in [5, 5.41) is 0. The zero-order chi connectivity index (χ0) is 15.6. The van der Waals surface area contributed by atoms with E-state index in [2.05, 4.69) is 6.92 Å². The van der Waals surface area contributed by atoms with Crippen molar-refractivity contribution in [2.75, 3.05) is 6.54 Å². The van der Waals surface area contributed by atoms with Crippen molar-refractivity contribution in [2.24, 2.45) is 5.73 Å². The highest BCUT2D eigenvalue weighted by atomic mass is 32.2. The molecular formula is C16H26N2O2S. The van der Waals surface area contributed by atoms with Crippen LogP contribution in [0.25, 0.3) is 0 Å².